The maximum Gasteiger partial charge on any atom is 0.247 e. The van der Waals surface area contributed by atoms with Crippen LogP contribution in [-0.2, 0) is 22.6 Å². The van der Waals surface area contributed by atoms with E-state index >= 15 is 0 Å². The fraction of sp³-hybridized carbons (Fsp3) is 0.543. The van der Waals surface area contributed by atoms with Crippen LogP contribution in [0.25, 0.3) is 0 Å². The fourth-order valence-electron chi connectivity index (χ4n) is 7.62. The standard InChI is InChI=1S/C35H45IN2O7/c1-35(2)25-10-9-23(26(35)18-25)19-38(31(41)15-21-7-5-4-6-8-21)28-16-24(34(43)37-11-12-39)17-29(32(28)42)45-33-27(36)13-22(20-40)14-30(33)44-3/h4-8,13-14,17,23,25-26,28-29,32,39-40,42H,9-12,15-16,18-20H2,1-3H3,(H,37,43). The Bertz CT molecular complexity index is 1400. The van der Waals surface area contributed by atoms with Crippen LogP contribution in [0.15, 0.2) is 54.1 Å². The Morgan fingerprint density at radius 2 is 1.87 bits per heavy atom. The minimum atomic E-state index is -1.14. The molecule has 4 N–H and O–H groups in total. The number of fused-ring (bicyclic) bond motifs is 2. The molecule has 9 nitrogen and oxygen atoms in total. The molecule has 4 aliphatic carbocycles. The van der Waals surface area contributed by atoms with Gasteiger partial charge in [-0.1, -0.05) is 44.2 Å². The molecule has 10 heteroatoms. The van der Waals surface area contributed by atoms with E-state index in [9.17, 15) is 24.9 Å². The van der Waals surface area contributed by atoms with Crippen LogP contribution in [0, 0.1) is 26.7 Å². The van der Waals surface area contributed by atoms with Crippen LogP contribution in [0.4, 0.5) is 0 Å². The largest absolute Gasteiger partial charge is 0.493 e. The van der Waals surface area contributed by atoms with Crippen molar-refractivity contribution in [3.63, 3.8) is 0 Å². The third-order valence-corrected chi connectivity index (χ3v) is 11.1. The Morgan fingerprint density at radius 3 is 2.51 bits per heavy atom. The number of benzene rings is 2. The van der Waals surface area contributed by atoms with Crippen LogP contribution in [0.2, 0.25) is 0 Å². The lowest BCUT2D eigenvalue weighted by Crippen LogP contribution is -2.59. The SMILES string of the molecule is COc1cc(CO)cc(I)c1OC1C=C(C(=O)NCCO)CC(N(CC2CCC3CC2C3(C)C)C(=O)Cc2ccccc2)C1O. The number of rotatable bonds is 12. The summed E-state index contributed by atoms with van der Waals surface area (Å²) in [5.74, 6) is 1.80. The minimum Gasteiger partial charge on any atom is -0.493 e. The lowest BCUT2D eigenvalue weighted by atomic mass is 9.45. The topological polar surface area (TPSA) is 129 Å². The zero-order valence-electron chi connectivity index (χ0n) is 26.2. The van der Waals surface area contributed by atoms with Gasteiger partial charge in [0.2, 0.25) is 11.8 Å². The van der Waals surface area contributed by atoms with Crippen molar-refractivity contribution in [3.8, 4) is 11.5 Å². The quantitative estimate of drug-likeness (QED) is 0.244. The Hall–Kier alpha value is -2.67. The number of aliphatic hydroxyl groups is 3. The molecule has 6 rings (SSSR count). The van der Waals surface area contributed by atoms with Gasteiger partial charge in [-0.15, -0.1) is 0 Å². The molecule has 4 aliphatic rings. The van der Waals surface area contributed by atoms with Crippen molar-refractivity contribution in [1.82, 2.24) is 10.2 Å². The number of nitrogens with one attached hydrogen (secondary N) is 1. The van der Waals surface area contributed by atoms with E-state index in [-0.39, 0.29) is 49.8 Å². The molecule has 0 heterocycles. The molecule has 45 heavy (non-hydrogen) atoms. The van der Waals surface area contributed by atoms with E-state index in [1.807, 2.05) is 35.2 Å². The molecule has 244 valence electrons. The first-order valence-corrected chi connectivity index (χ1v) is 16.9. The molecule has 2 aromatic carbocycles. The summed E-state index contributed by atoms with van der Waals surface area (Å²) in [6.45, 7) is 4.86. The monoisotopic (exact) mass is 732 g/mol. The highest BCUT2D eigenvalue weighted by molar-refractivity contribution is 14.1. The van der Waals surface area contributed by atoms with Crippen LogP contribution in [-0.4, -0.2) is 77.1 Å². The number of halogens is 1. The van der Waals surface area contributed by atoms with E-state index in [0.29, 0.717) is 50.5 Å². The van der Waals surface area contributed by atoms with Gasteiger partial charge in [-0.05, 0) is 94.4 Å². The van der Waals surface area contributed by atoms with Crippen molar-refractivity contribution in [2.24, 2.45) is 23.2 Å². The van der Waals surface area contributed by atoms with Crippen LogP contribution < -0.4 is 14.8 Å². The van der Waals surface area contributed by atoms with Crippen LogP contribution in [0.1, 0.15) is 50.7 Å². The molecule has 6 unspecified atom stereocenters. The highest BCUT2D eigenvalue weighted by Crippen LogP contribution is 2.61. The van der Waals surface area contributed by atoms with Gasteiger partial charge >= 0.3 is 0 Å². The van der Waals surface area contributed by atoms with E-state index in [4.69, 9.17) is 9.47 Å². The molecular formula is C35H45IN2O7. The van der Waals surface area contributed by atoms with Crippen LogP contribution in [0.3, 0.4) is 0 Å². The van der Waals surface area contributed by atoms with Crippen molar-refractivity contribution < 1.29 is 34.4 Å². The maximum atomic E-state index is 14.2. The van der Waals surface area contributed by atoms with Crippen molar-refractivity contribution in [3.05, 3.63) is 68.8 Å². The first-order valence-electron chi connectivity index (χ1n) is 15.8. The molecule has 2 amide bonds. The summed E-state index contributed by atoms with van der Waals surface area (Å²) in [5.41, 5.74) is 2.14. The number of nitrogens with zero attached hydrogens (tertiary/aromatic N) is 1. The smallest absolute Gasteiger partial charge is 0.247 e. The molecule has 0 aliphatic heterocycles. The highest BCUT2D eigenvalue weighted by Gasteiger charge is 2.55. The number of ether oxygens (including phenoxy) is 2. The molecular weight excluding hydrogens is 687 g/mol. The lowest BCUT2D eigenvalue weighted by molar-refractivity contribution is -0.147. The van der Waals surface area contributed by atoms with Gasteiger partial charge < -0.3 is 35.0 Å². The van der Waals surface area contributed by atoms with Gasteiger partial charge in [-0.2, -0.15) is 0 Å². The summed E-state index contributed by atoms with van der Waals surface area (Å²) in [4.78, 5) is 29.4. The Kier molecular flexibility index (Phi) is 10.8. The summed E-state index contributed by atoms with van der Waals surface area (Å²) in [6, 6.07) is 12.3. The number of hydrogen-bond acceptors (Lipinski definition) is 7. The molecule has 2 bridgehead atoms. The minimum absolute atomic E-state index is 0.0833. The molecule has 0 radical (unpaired) electrons. The van der Waals surface area contributed by atoms with Gasteiger partial charge in [0, 0.05) is 25.1 Å². The number of hydrogen-bond donors (Lipinski definition) is 4. The molecule has 3 fully saturated rings. The van der Waals surface area contributed by atoms with Crippen molar-refractivity contribution in [2.75, 3.05) is 26.8 Å². The third-order valence-electron chi connectivity index (χ3n) is 10.3. The van der Waals surface area contributed by atoms with E-state index in [1.54, 1.807) is 18.2 Å². The Labute approximate surface area is 279 Å². The molecule has 0 spiro atoms. The summed E-state index contributed by atoms with van der Waals surface area (Å²) < 4.78 is 12.7. The predicted molar refractivity (Wildman–Crippen MR) is 179 cm³/mol. The second-order valence-corrected chi connectivity index (χ2v) is 14.4. The number of aliphatic hydroxyl groups excluding tert-OH is 3. The number of methoxy groups -OCH3 is 1. The second-order valence-electron chi connectivity index (χ2n) is 13.2. The summed E-state index contributed by atoms with van der Waals surface area (Å²) in [5, 5.41) is 33.8. The molecule has 0 saturated heterocycles. The Balaban J connectivity index is 1.50. The van der Waals surface area contributed by atoms with Crippen molar-refractivity contribution >= 4 is 34.4 Å². The van der Waals surface area contributed by atoms with Gasteiger partial charge in [0.1, 0.15) is 12.2 Å². The summed E-state index contributed by atoms with van der Waals surface area (Å²) in [6.07, 6.45) is 3.17. The zero-order chi connectivity index (χ0) is 32.3. The van der Waals surface area contributed by atoms with Crippen molar-refractivity contribution in [1.29, 1.82) is 0 Å². The van der Waals surface area contributed by atoms with Gasteiger partial charge in [-0.25, -0.2) is 0 Å². The first-order chi connectivity index (χ1) is 21.6. The molecule has 3 saturated carbocycles. The average Bonchev–Trinajstić information content (AvgIpc) is 3.04. The lowest BCUT2D eigenvalue weighted by Gasteiger charge is -2.61. The van der Waals surface area contributed by atoms with E-state index < -0.39 is 18.2 Å². The molecule has 0 aromatic heterocycles. The maximum absolute atomic E-state index is 14.2. The van der Waals surface area contributed by atoms with E-state index in [1.165, 1.54) is 7.11 Å². The van der Waals surface area contributed by atoms with Gasteiger partial charge in [-0.3, -0.25) is 9.59 Å². The first kappa shape index (κ1) is 33.7. The predicted octanol–water partition coefficient (Wildman–Crippen LogP) is 3.85. The van der Waals surface area contributed by atoms with Crippen molar-refractivity contribution in [2.45, 2.75) is 70.8 Å². The molecule has 6 atom stereocenters. The number of carbonyl (C=O) groups is 2. The van der Waals surface area contributed by atoms with Crippen LogP contribution in [0.5, 0.6) is 11.5 Å². The molecule has 2 aromatic rings. The van der Waals surface area contributed by atoms with Crippen LogP contribution >= 0.6 is 22.6 Å². The average molecular weight is 733 g/mol. The summed E-state index contributed by atoms with van der Waals surface area (Å²) in [7, 11) is 1.50. The highest BCUT2D eigenvalue weighted by atomic mass is 127. The third kappa shape index (κ3) is 7.18. The summed E-state index contributed by atoms with van der Waals surface area (Å²) >= 11 is 2.10. The normalized spacial score (nSPS) is 26.7. The number of carbonyl (C=O) groups excluding carboxylic acids is 2. The van der Waals surface area contributed by atoms with E-state index in [2.05, 4.69) is 41.8 Å². The Morgan fingerprint density at radius 1 is 1.11 bits per heavy atom. The van der Waals surface area contributed by atoms with Gasteiger partial charge in [0.15, 0.2) is 11.5 Å². The zero-order valence-corrected chi connectivity index (χ0v) is 28.4. The number of amides is 2. The van der Waals surface area contributed by atoms with Gasteiger partial charge in [0.25, 0.3) is 0 Å². The fourth-order valence-corrected chi connectivity index (χ4v) is 8.42. The van der Waals surface area contributed by atoms with Gasteiger partial charge in [0.05, 0.1) is 36.4 Å². The second kappa shape index (κ2) is 14.4. The van der Waals surface area contributed by atoms with E-state index in [0.717, 1.165) is 24.8 Å².